The van der Waals surface area contributed by atoms with Gasteiger partial charge in [-0.2, -0.15) is 0 Å². The third-order valence-corrected chi connectivity index (χ3v) is 3.85. The minimum absolute atomic E-state index is 0.583. The Labute approximate surface area is 131 Å². The molecule has 0 saturated heterocycles. The van der Waals surface area contributed by atoms with Gasteiger partial charge in [0, 0.05) is 29.9 Å². The average molecular weight is 305 g/mol. The standard InChI is InChI=1S/C17H21ClN2O/c1-20(12-13-6-3-4-9-17(13)21-2)16-8-5-7-15(18)14(16)10-11-19/h3-9H,10-12,19H2,1-2H3. The van der Waals surface area contributed by atoms with Crippen molar-refractivity contribution in [1.29, 1.82) is 0 Å². The molecule has 2 rings (SSSR count). The third-order valence-electron chi connectivity index (χ3n) is 3.50. The molecule has 0 saturated carbocycles. The summed E-state index contributed by atoms with van der Waals surface area (Å²) in [6.45, 7) is 1.33. The van der Waals surface area contributed by atoms with Crippen molar-refractivity contribution in [3.05, 3.63) is 58.6 Å². The largest absolute Gasteiger partial charge is 0.496 e. The lowest BCUT2D eigenvalue weighted by Gasteiger charge is -2.24. The molecule has 0 atom stereocenters. The molecule has 112 valence electrons. The number of para-hydroxylation sites is 1. The first kappa shape index (κ1) is 15.7. The number of hydrogen-bond donors (Lipinski definition) is 1. The zero-order valence-electron chi connectivity index (χ0n) is 12.5. The van der Waals surface area contributed by atoms with E-state index in [4.69, 9.17) is 22.1 Å². The minimum atomic E-state index is 0.583. The number of rotatable bonds is 6. The topological polar surface area (TPSA) is 38.5 Å². The van der Waals surface area contributed by atoms with Gasteiger partial charge in [-0.15, -0.1) is 0 Å². The van der Waals surface area contributed by atoms with Gasteiger partial charge in [0.15, 0.2) is 0 Å². The summed E-state index contributed by atoms with van der Waals surface area (Å²) in [6.07, 6.45) is 0.769. The second kappa shape index (κ2) is 7.34. The predicted molar refractivity (Wildman–Crippen MR) is 89.3 cm³/mol. The molecule has 0 heterocycles. The summed E-state index contributed by atoms with van der Waals surface area (Å²) in [5.74, 6) is 0.895. The second-order valence-electron chi connectivity index (χ2n) is 4.94. The van der Waals surface area contributed by atoms with Crippen molar-refractivity contribution in [2.24, 2.45) is 5.73 Å². The molecule has 21 heavy (non-hydrogen) atoms. The Bertz CT molecular complexity index is 601. The summed E-state index contributed by atoms with van der Waals surface area (Å²) in [6, 6.07) is 14.0. The van der Waals surface area contributed by atoms with E-state index in [0.717, 1.165) is 40.6 Å². The van der Waals surface area contributed by atoms with Gasteiger partial charge < -0.3 is 15.4 Å². The van der Waals surface area contributed by atoms with E-state index < -0.39 is 0 Å². The summed E-state index contributed by atoms with van der Waals surface area (Å²) < 4.78 is 5.41. The fourth-order valence-corrected chi connectivity index (χ4v) is 2.74. The fourth-order valence-electron chi connectivity index (χ4n) is 2.47. The Balaban J connectivity index is 2.28. The lowest BCUT2D eigenvalue weighted by atomic mass is 10.1. The highest BCUT2D eigenvalue weighted by Crippen LogP contribution is 2.29. The number of nitrogens with two attached hydrogens (primary N) is 1. The molecular formula is C17H21ClN2O. The van der Waals surface area contributed by atoms with Crippen LogP contribution in [0.1, 0.15) is 11.1 Å². The van der Waals surface area contributed by atoms with Crippen LogP contribution in [0.15, 0.2) is 42.5 Å². The highest BCUT2D eigenvalue weighted by Gasteiger charge is 2.12. The predicted octanol–water partition coefficient (Wildman–Crippen LogP) is 3.49. The molecule has 0 aromatic heterocycles. The second-order valence-corrected chi connectivity index (χ2v) is 5.35. The van der Waals surface area contributed by atoms with E-state index >= 15 is 0 Å². The fraction of sp³-hybridized carbons (Fsp3) is 0.294. The average Bonchev–Trinajstić information content (AvgIpc) is 2.50. The van der Waals surface area contributed by atoms with Crippen LogP contribution < -0.4 is 15.4 Å². The van der Waals surface area contributed by atoms with Crippen LogP contribution in [-0.4, -0.2) is 20.7 Å². The normalized spacial score (nSPS) is 10.5. The van der Waals surface area contributed by atoms with Crippen molar-refractivity contribution in [2.45, 2.75) is 13.0 Å². The zero-order chi connectivity index (χ0) is 15.2. The van der Waals surface area contributed by atoms with E-state index in [1.807, 2.05) is 30.3 Å². The number of anilines is 1. The van der Waals surface area contributed by atoms with Gasteiger partial charge >= 0.3 is 0 Å². The van der Waals surface area contributed by atoms with E-state index in [1.54, 1.807) is 7.11 Å². The molecule has 2 aromatic carbocycles. The molecule has 0 amide bonds. The third kappa shape index (κ3) is 3.69. The number of nitrogens with zero attached hydrogens (tertiary/aromatic N) is 1. The number of hydrogen-bond acceptors (Lipinski definition) is 3. The molecule has 2 aromatic rings. The maximum atomic E-state index is 6.31. The summed E-state index contributed by atoms with van der Waals surface area (Å²) in [7, 11) is 3.75. The van der Waals surface area contributed by atoms with Gasteiger partial charge in [-0.1, -0.05) is 35.9 Å². The highest BCUT2D eigenvalue weighted by molar-refractivity contribution is 6.31. The summed E-state index contributed by atoms with van der Waals surface area (Å²) in [5, 5.41) is 0.768. The van der Waals surface area contributed by atoms with Crippen molar-refractivity contribution < 1.29 is 4.74 Å². The van der Waals surface area contributed by atoms with Crippen LogP contribution >= 0.6 is 11.6 Å². The summed E-state index contributed by atoms with van der Waals surface area (Å²) in [5.41, 5.74) is 9.05. The van der Waals surface area contributed by atoms with E-state index in [9.17, 15) is 0 Å². The van der Waals surface area contributed by atoms with Crippen LogP contribution in [0.4, 0.5) is 5.69 Å². The van der Waals surface area contributed by atoms with E-state index in [1.165, 1.54) is 0 Å². The molecule has 0 aliphatic heterocycles. The molecule has 0 unspecified atom stereocenters. The smallest absolute Gasteiger partial charge is 0.123 e. The molecule has 3 nitrogen and oxygen atoms in total. The van der Waals surface area contributed by atoms with E-state index in [-0.39, 0.29) is 0 Å². The molecule has 0 bridgehead atoms. The van der Waals surface area contributed by atoms with Gasteiger partial charge in [0.1, 0.15) is 5.75 Å². The SMILES string of the molecule is COc1ccccc1CN(C)c1cccc(Cl)c1CCN. The van der Waals surface area contributed by atoms with Crippen LogP contribution in [0, 0.1) is 0 Å². The number of halogens is 1. The maximum Gasteiger partial charge on any atom is 0.123 e. The summed E-state index contributed by atoms with van der Waals surface area (Å²) >= 11 is 6.31. The maximum absolute atomic E-state index is 6.31. The van der Waals surface area contributed by atoms with Crippen molar-refractivity contribution in [3.8, 4) is 5.75 Å². The summed E-state index contributed by atoms with van der Waals surface area (Å²) in [4.78, 5) is 2.18. The Kier molecular flexibility index (Phi) is 5.48. The van der Waals surface area contributed by atoms with Crippen molar-refractivity contribution >= 4 is 17.3 Å². The van der Waals surface area contributed by atoms with Gasteiger partial charge in [0.05, 0.1) is 7.11 Å². The Morgan fingerprint density at radius 3 is 2.62 bits per heavy atom. The Morgan fingerprint density at radius 2 is 1.90 bits per heavy atom. The van der Waals surface area contributed by atoms with Crippen LogP contribution in [0.2, 0.25) is 5.02 Å². The van der Waals surface area contributed by atoms with Gasteiger partial charge in [-0.25, -0.2) is 0 Å². The van der Waals surface area contributed by atoms with E-state index in [2.05, 4.69) is 24.1 Å². The first-order valence-corrected chi connectivity index (χ1v) is 7.35. The number of benzene rings is 2. The first-order chi connectivity index (χ1) is 10.2. The van der Waals surface area contributed by atoms with E-state index in [0.29, 0.717) is 6.54 Å². The lowest BCUT2D eigenvalue weighted by molar-refractivity contribution is 0.409. The Morgan fingerprint density at radius 1 is 1.14 bits per heavy atom. The van der Waals surface area contributed by atoms with Crippen molar-refractivity contribution in [3.63, 3.8) is 0 Å². The first-order valence-electron chi connectivity index (χ1n) is 6.98. The molecular weight excluding hydrogens is 284 g/mol. The minimum Gasteiger partial charge on any atom is -0.496 e. The van der Waals surface area contributed by atoms with Gasteiger partial charge in [-0.3, -0.25) is 0 Å². The number of ether oxygens (including phenoxy) is 1. The van der Waals surface area contributed by atoms with Crippen LogP contribution in [0.25, 0.3) is 0 Å². The van der Waals surface area contributed by atoms with Gasteiger partial charge in [0.2, 0.25) is 0 Å². The molecule has 0 radical (unpaired) electrons. The molecule has 0 fully saturated rings. The Hall–Kier alpha value is -1.71. The molecule has 2 N–H and O–H groups in total. The van der Waals surface area contributed by atoms with Gasteiger partial charge in [-0.05, 0) is 36.7 Å². The lowest BCUT2D eigenvalue weighted by Crippen LogP contribution is -2.19. The zero-order valence-corrected chi connectivity index (χ0v) is 13.2. The highest BCUT2D eigenvalue weighted by atomic mass is 35.5. The molecule has 0 aliphatic carbocycles. The molecule has 4 heteroatoms. The van der Waals surface area contributed by atoms with Crippen LogP contribution in [0.5, 0.6) is 5.75 Å². The number of methoxy groups -OCH3 is 1. The molecule has 0 aliphatic rings. The van der Waals surface area contributed by atoms with Gasteiger partial charge in [0.25, 0.3) is 0 Å². The van der Waals surface area contributed by atoms with Crippen LogP contribution in [0.3, 0.4) is 0 Å². The van der Waals surface area contributed by atoms with Crippen molar-refractivity contribution in [1.82, 2.24) is 0 Å². The van der Waals surface area contributed by atoms with Crippen molar-refractivity contribution in [2.75, 3.05) is 25.6 Å². The quantitative estimate of drug-likeness (QED) is 0.888. The van der Waals surface area contributed by atoms with Crippen LogP contribution in [-0.2, 0) is 13.0 Å². The monoisotopic (exact) mass is 304 g/mol. The molecule has 0 spiro atoms.